The molecule has 7 N–H and O–H groups in total. The first-order valence-corrected chi connectivity index (χ1v) is 8.04. The molecule has 120 valence electrons. The third-order valence-corrected chi connectivity index (χ3v) is 3.59. The summed E-state index contributed by atoms with van der Waals surface area (Å²) in [7, 11) is -10.8. The largest absolute Gasteiger partial charge is 0.756 e. The highest BCUT2D eigenvalue weighted by Gasteiger charge is 2.53. The van der Waals surface area contributed by atoms with E-state index in [4.69, 9.17) is 14.7 Å². The Labute approximate surface area is 111 Å². The zero-order chi connectivity index (χ0) is 15.9. The molecule has 0 aromatic rings. The molecule has 7 unspecified atom stereocenters. The van der Waals surface area contributed by atoms with Crippen molar-refractivity contribution < 1.29 is 58.2 Å². The highest BCUT2D eigenvalue weighted by Crippen LogP contribution is 2.45. The van der Waals surface area contributed by atoms with E-state index in [0.717, 1.165) is 0 Å². The van der Waals surface area contributed by atoms with Crippen LogP contribution < -0.4 is 4.89 Å². The van der Waals surface area contributed by atoms with Crippen molar-refractivity contribution >= 4 is 15.6 Å². The first kappa shape index (κ1) is 18.1. The van der Waals surface area contributed by atoms with Crippen LogP contribution in [0.5, 0.6) is 0 Å². The van der Waals surface area contributed by atoms with Crippen molar-refractivity contribution in [3.63, 3.8) is 0 Å². The number of hydrogen-bond acceptors (Lipinski definition) is 9. The minimum absolute atomic E-state index is 2.09. The Kier molecular flexibility index (Phi) is 5.48. The van der Waals surface area contributed by atoms with Gasteiger partial charge >= 0.3 is 7.82 Å². The predicted octanol–water partition coefficient (Wildman–Crippen LogP) is -4.23. The molecular formula is C6H13O12P2-. The smallest absolute Gasteiger partial charge is 0.470 e. The Morgan fingerprint density at radius 1 is 0.750 bits per heavy atom. The number of phosphoric ester groups is 2. The third kappa shape index (κ3) is 4.53. The van der Waals surface area contributed by atoms with Crippen molar-refractivity contribution in [2.45, 2.75) is 36.6 Å². The molecule has 0 bridgehead atoms. The van der Waals surface area contributed by atoms with E-state index in [1.165, 1.54) is 0 Å². The van der Waals surface area contributed by atoms with Gasteiger partial charge in [-0.2, -0.15) is 0 Å². The highest BCUT2D eigenvalue weighted by atomic mass is 31.2. The van der Waals surface area contributed by atoms with Crippen molar-refractivity contribution in [1.29, 1.82) is 0 Å². The van der Waals surface area contributed by atoms with Crippen molar-refractivity contribution in [2.24, 2.45) is 0 Å². The number of aliphatic hydroxyl groups excluding tert-OH is 4. The van der Waals surface area contributed by atoms with E-state index in [9.17, 15) is 34.4 Å². The summed E-state index contributed by atoms with van der Waals surface area (Å²) in [6.07, 6.45) is -13.1. The van der Waals surface area contributed by atoms with Crippen LogP contribution in [-0.2, 0) is 18.2 Å². The van der Waals surface area contributed by atoms with Crippen LogP contribution in [0.3, 0.4) is 0 Å². The zero-order valence-corrected chi connectivity index (χ0v) is 11.3. The molecule has 20 heavy (non-hydrogen) atoms. The fourth-order valence-corrected chi connectivity index (χ4v) is 2.85. The van der Waals surface area contributed by atoms with Gasteiger partial charge < -0.3 is 44.5 Å². The molecule has 0 spiro atoms. The summed E-state index contributed by atoms with van der Waals surface area (Å²) >= 11 is 0. The second-order valence-electron chi connectivity index (χ2n) is 4.06. The Morgan fingerprint density at radius 2 is 1.10 bits per heavy atom. The van der Waals surface area contributed by atoms with Crippen LogP contribution in [0, 0.1) is 0 Å². The van der Waals surface area contributed by atoms with Gasteiger partial charge in [-0.1, -0.05) is 0 Å². The molecule has 1 aliphatic carbocycles. The van der Waals surface area contributed by atoms with Crippen LogP contribution in [0.2, 0.25) is 0 Å². The van der Waals surface area contributed by atoms with Crippen LogP contribution in [0.25, 0.3) is 0 Å². The number of rotatable bonds is 4. The van der Waals surface area contributed by atoms with E-state index >= 15 is 0 Å². The van der Waals surface area contributed by atoms with E-state index < -0.39 is 52.3 Å². The molecule has 1 aliphatic rings. The summed E-state index contributed by atoms with van der Waals surface area (Å²) in [5.41, 5.74) is 0. The van der Waals surface area contributed by atoms with Gasteiger partial charge in [-0.3, -0.25) is 9.09 Å². The maximum atomic E-state index is 10.7. The Balaban J connectivity index is 3.09. The molecule has 1 fully saturated rings. The number of phosphoric acid groups is 2. The van der Waals surface area contributed by atoms with E-state index in [1.807, 2.05) is 0 Å². The molecule has 12 nitrogen and oxygen atoms in total. The lowest BCUT2D eigenvalue weighted by Crippen LogP contribution is -2.64. The predicted molar refractivity (Wildman–Crippen MR) is 55.6 cm³/mol. The molecule has 14 heteroatoms. The lowest BCUT2D eigenvalue weighted by atomic mass is 9.85. The molecule has 0 amide bonds. The molecule has 0 radical (unpaired) electrons. The van der Waals surface area contributed by atoms with E-state index in [1.54, 1.807) is 0 Å². The number of aliphatic hydroxyl groups is 4. The molecule has 0 aromatic heterocycles. The van der Waals surface area contributed by atoms with Gasteiger partial charge in [0.15, 0.2) is 0 Å². The average Bonchev–Trinajstić information content (AvgIpc) is 2.25. The fraction of sp³-hybridized carbons (Fsp3) is 1.00. The summed E-state index contributed by atoms with van der Waals surface area (Å²) in [5.74, 6) is 0. The normalized spacial score (nSPS) is 42.2. The molecular weight excluding hydrogens is 326 g/mol. The third-order valence-electron chi connectivity index (χ3n) is 2.56. The van der Waals surface area contributed by atoms with Crippen LogP contribution >= 0.6 is 15.6 Å². The topological polar surface area (TPSA) is 217 Å². The lowest BCUT2D eigenvalue weighted by molar-refractivity contribution is -0.255. The van der Waals surface area contributed by atoms with Gasteiger partial charge in [-0.25, -0.2) is 4.57 Å². The minimum Gasteiger partial charge on any atom is -0.756 e. The van der Waals surface area contributed by atoms with Crippen molar-refractivity contribution in [1.82, 2.24) is 0 Å². The summed E-state index contributed by atoms with van der Waals surface area (Å²) in [4.78, 5) is 36.4. The van der Waals surface area contributed by atoms with Gasteiger partial charge in [0.1, 0.15) is 36.6 Å². The summed E-state index contributed by atoms with van der Waals surface area (Å²) < 4.78 is 29.3. The molecule has 0 aliphatic heterocycles. The standard InChI is InChI=1S/C6H14O12P2/c7-1-2(8)4(10)6(18-20(14,15)16)5(3(1)9)17-19(11,12)13/h1-10H,(H2,11,12,13)(H2,14,15,16)/p-1. The zero-order valence-electron chi connectivity index (χ0n) is 9.53. The van der Waals surface area contributed by atoms with E-state index in [-0.39, 0.29) is 0 Å². The quantitative estimate of drug-likeness (QED) is 0.242. The second-order valence-corrected chi connectivity index (χ2v) is 6.40. The fourth-order valence-electron chi connectivity index (χ4n) is 1.74. The molecule has 1 rings (SSSR count). The van der Waals surface area contributed by atoms with Crippen LogP contribution in [0.15, 0.2) is 0 Å². The SMILES string of the molecule is O=P([O-])(O)OC1C(O)C(O)C(O)C(O)C1OP(=O)(O)O. The van der Waals surface area contributed by atoms with Gasteiger partial charge in [0, 0.05) is 0 Å². The lowest BCUT2D eigenvalue weighted by Gasteiger charge is -2.44. The van der Waals surface area contributed by atoms with Crippen molar-refractivity contribution in [2.75, 3.05) is 0 Å². The van der Waals surface area contributed by atoms with Crippen LogP contribution in [0.4, 0.5) is 0 Å². The summed E-state index contributed by atoms with van der Waals surface area (Å²) in [5, 5.41) is 37.7. The van der Waals surface area contributed by atoms with Gasteiger partial charge in [0.05, 0.1) is 0 Å². The van der Waals surface area contributed by atoms with Crippen molar-refractivity contribution in [3.05, 3.63) is 0 Å². The first-order chi connectivity index (χ1) is 8.83. The summed E-state index contributed by atoms with van der Waals surface area (Å²) in [6, 6.07) is 0. The van der Waals surface area contributed by atoms with Gasteiger partial charge in [-0.05, 0) is 0 Å². The average molecular weight is 339 g/mol. The molecule has 0 heterocycles. The van der Waals surface area contributed by atoms with E-state index in [0.29, 0.717) is 0 Å². The molecule has 0 aromatic carbocycles. The minimum atomic E-state index is -5.49. The molecule has 7 atom stereocenters. The molecule has 0 saturated heterocycles. The van der Waals surface area contributed by atoms with Gasteiger partial charge in [0.25, 0.3) is 7.82 Å². The monoisotopic (exact) mass is 339 g/mol. The number of hydrogen-bond donors (Lipinski definition) is 7. The van der Waals surface area contributed by atoms with Gasteiger partial charge in [-0.15, -0.1) is 0 Å². The van der Waals surface area contributed by atoms with Crippen LogP contribution in [0.1, 0.15) is 0 Å². The van der Waals surface area contributed by atoms with Gasteiger partial charge in [0.2, 0.25) is 0 Å². The first-order valence-electron chi connectivity index (χ1n) is 5.02. The maximum Gasteiger partial charge on any atom is 0.470 e. The van der Waals surface area contributed by atoms with E-state index in [2.05, 4.69) is 9.05 Å². The Hall–Kier alpha value is 0.0600. The highest BCUT2D eigenvalue weighted by molar-refractivity contribution is 7.46. The van der Waals surface area contributed by atoms with Crippen LogP contribution in [-0.4, -0.2) is 71.7 Å². The summed E-state index contributed by atoms with van der Waals surface area (Å²) in [6.45, 7) is 0. The Bertz CT molecular complexity index is 388. The maximum absolute atomic E-state index is 10.7. The Morgan fingerprint density at radius 3 is 1.40 bits per heavy atom. The molecule has 1 saturated carbocycles. The van der Waals surface area contributed by atoms with Crippen molar-refractivity contribution in [3.8, 4) is 0 Å². The second kappa shape index (κ2) is 6.05.